The van der Waals surface area contributed by atoms with Gasteiger partial charge in [0.25, 0.3) is 6.47 Å². The van der Waals surface area contributed by atoms with E-state index in [9.17, 15) is 4.79 Å². The minimum absolute atomic E-state index is 0.104. The Morgan fingerprint density at radius 1 is 1.25 bits per heavy atom. The fourth-order valence-electron chi connectivity index (χ4n) is 4.62. The van der Waals surface area contributed by atoms with Gasteiger partial charge < -0.3 is 24.9 Å². The molecule has 2 amide bonds. The zero-order valence-electron chi connectivity index (χ0n) is 15.8. The largest absolute Gasteiger partial charge is 0.483 e. The Hall–Kier alpha value is -3.10. The molecule has 2 fully saturated rings. The number of amides is 2. The predicted octanol–water partition coefficient (Wildman–Crippen LogP) is 2.43. The number of hydrogen-bond donors (Lipinski definition) is 3. The topological polar surface area (TPSA) is 116 Å². The molecular formula is C19H24N6O3. The lowest BCUT2D eigenvalue weighted by Gasteiger charge is -2.35. The summed E-state index contributed by atoms with van der Waals surface area (Å²) in [5, 5.41) is 10.9. The highest BCUT2D eigenvalue weighted by Crippen LogP contribution is 2.36. The molecule has 0 spiro atoms. The highest BCUT2D eigenvalue weighted by molar-refractivity contribution is 6.01. The molecule has 0 aromatic carbocycles. The third-order valence-electron chi connectivity index (χ3n) is 5.77. The van der Waals surface area contributed by atoms with Crippen LogP contribution in [0.3, 0.4) is 0 Å². The quantitative estimate of drug-likeness (QED) is 0.587. The number of carboxylic acid groups (broad SMARTS) is 1. The number of imidazole rings is 1. The Morgan fingerprint density at radius 3 is 2.64 bits per heavy atom. The number of urea groups is 1. The van der Waals surface area contributed by atoms with Gasteiger partial charge in [0.15, 0.2) is 0 Å². The van der Waals surface area contributed by atoms with Gasteiger partial charge in [-0.1, -0.05) is 0 Å². The van der Waals surface area contributed by atoms with Crippen molar-refractivity contribution in [3.8, 4) is 0 Å². The fourth-order valence-corrected chi connectivity index (χ4v) is 4.62. The van der Waals surface area contributed by atoms with Gasteiger partial charge in [0.2, 0.25) is 0 Å². The van der Waals surface area contributed by atoms with Crippen LogP contribution in [0.5, 0.6) is 0 Å². The first-order valence-electron chi connectivity index (χ1n) is 9.57. The summed E-state index contributed by atoms with van der Waals surface area (Å²) in [6.45, 7) is 3.46. The number of pyridine rings is 1. The fraction of sp³-hybridized carbons (Fsp3) is 0.474. The molecular weight excluding hydrogens is 360 g/mol. The second kappa shape index (κ2) is 7.49. The van der Waals surface area contributed by atoms with E-state index in [-0.39, 0.29) is 12.5 Å². The van der Waals surface area contributed by atoms with Gasteiger partial charge in [-0.2, -0.15) is 0 Å². The van der Waals surface area contributed by atoms with Gasteiger partial charge >= 0.3 is 6.03 Å². The van der Waals surface area contributed by atoms with Crippen LogP contribution in [0.4, 0.5) is 4.79 Å². The van der Waals surface area contributed by atoms with Gasteiger partial charge in [0.1, 0.15) is 17.0 Å². The number of aromatic amines is 1. The van der Waals surface area contributed by atoms with Crippen LogP contribution in [0.15, 0.2) is 18.5 Å². The smallest absolute Gasteiger partial charge is 0.317 e. The van der Waals surface area contributed by atoms with E-state index in [2.05, 4.69) is 32.8 Å². The maximum absolute atomic E-state index is 11.9. The van der Waals surface area contributed by atoms with Crippen molar-refractivity contribution >= 4 is 34.6 Å². The van der Waals surface area contributed by atoms with Crippen LogP contribution in [0.25, 0.3) is 22.1 Å². The van der Waals surface area contributed by atoms with E-state index in [1.54, 1.807) is 0 Å². The minimum atomic E-state index is -0.250. The second-order valence-electron chi connectivity index (χ2n) is 7.25. The molecule has 4 heterocycles. The Morgan fingerprint density at radius 2 is 1.96 bits per heavy atom. The van der Waals surface area contributed by atoms with Crippen LogP contribution >= 0.6 is 0 Å². The predicted molar refractivity (Wildman–Crippen MR) is 104 cm³/mol. The number of aryl methyl sites for hydroxylation is 1. The van der Waals surface area contributed by atoms with E-state index in [1.807, 2.05) is 17.3 Å². The molecule has 0 atom stereocenters. The van der Waals surface area contributed by atoms with Crippen LogP contribution in [-0.4, -0.2) is 61.2 Å². The molecule has 9 heteroatoms. The molecule has 1 aliphatic heterocycles. The lowest BCUT2D eigenvalue weighted by Crippen LogP contribution is -2.40. The van der Waals surface area contributed by atoms with Gasteiger partial charge in [0.05, 0.1) is 11.7 Å². The van der Waals surface area contributed by atoms with E-state index < -0.39 is 0 Å². The van der Waals surface area contributed by atoms with Crippen LogP contribution < -0.4 is 5.32 Å². The maximum Gasteiger partial charge on any atom is 0.317 e. The van der Waals surface area contributed by atoms with Crippen molar-refractivity contribution in [1.29, 1.82) is 0 Å². The Bertz CT molecular complexity index is 1000. The number of carbonyl (C=O) groups is 2. The number of H-pyrrole nitrogens is 1. The molecule has 9 nitrogen and oxygen atoms in total. The van der Waals surface area contributed by atoms with Crippen molar-refractivity contribution in [3.05, 3.63) is 24.3 Å². The van der Waals surface area contributed by atoms with E-state index in [0.29, 0.717) is 12.1 Å². The number of fused-ring (bicyclic) bond motifs is 3. The SMILES string of the molecule is Cc1nc2cnc3[nH]ccc3c2n1C1CCC(N2CCNC2=O)CC1.O=CO. The number of nitrogens with one attached hydrogen (secondary N) is 2. The lowest BCUT2D eigenvalue weighted by molar-refractivity contribution is -0.122. The summed E-state index contributed by atoms with van der Waals surface area (Å²) in [7, 11) is 0. The van der Waals surface area contributed by atoms with Crippen molar-refractivity contribution in [2.75, 3.05) is 13.1 Å². The molecule has 2 aliphatic rings. The van der Waals surface area contributed by atoms with Crippen LogP contribution in [0, 0.1) is 6.92 Å². The molecule has 1 saturated heterocycles. The van der Waals surface area contributed by atoms with Gasteiger partial charge in [0, 0.05) is 36.8 Å². The summed E-state index contributed by atoms with van der Waals surface area (Å²) in [6.07, 6.45) is 8.06. The van der Waals surface area contributed by atoms with Gasteiger partial charge in [-0.25, -0.2) is 14.8 Å². The zero-order chi connectivity index (χ0) is 19.7. The van der Waals surface area contributed by atoms with Gasteiger partial charge in [-0.15, -0.1) is 0 Å². The first kappa shape index (κ1) is 18.3. The summed E-state index contributed by atoms with van der Waals surface area (Å²) < 4.78 is 2.40. The van der Waals surface area contributed by atoms with Gasteiger partial charge in [-0.05, 0) is 38.7 Å². The first-order valence-corrected chi connectivity index (χ1v) is 9.57. The maximum atomic E-state index is 11.9. The van der Waals surface area contributed by atoms with Crippen LogP contribution in [0.1, 0.15) is 37.5 Å². The molecule has 3 aromatic heterocycles. The number of hydrogen-bond acceptors (Lipinski definition) is 4. The zero-order valence-corrected chi connectivity index (χ0v) is 15.8. The molecule has 1 saturated carbocycles. The standard InChI is InChI=1S/C18H22N6O.CH2O2/c1-11-22-15-10-21-17-14(6-7-19-17)16(15)24(11)13-4-2-12(3-5-13)23-9-8-20-18(23)25;2-1-3/h6-7,10,12-13H,2-5,8-9H2,1H3,(H,19,21)(H,20,25);1H,(H,2,3). The second-order valence-corrected chi connectivity index (χ2v) is 7.25. The molecule has 28 heavy (non-hydrogen) atoms. The van der Waals surface area contributed by atoms with Crippen molar-refractivity contribution in [2.24, 2.45) is 0 Å². The summed E-state index contributed by atoms with van der Waals surface area (Å²) in [6, 6.07) is 3.01. The average Bonchev–Trinajstić information content (AvgIpc) is 3.39. The van der Waals surface area contributed by atoms with Crippen LogP contribution in [-0.2, 0) is 4.79 Å². The Kier molecular flexibility index (Phi) is 4.89. The highest BCUT2D eigenvalue weighted by Gasteiger charge is 2.32. The van der Waals surface area contributed by atoms with Crippen molar-refractivity contribution in [1.82, 2.24) is 29.7 Å². The lowest BCUT2D eigenvalue weighted by atomic mass is 9.90. The van der Waals surface area contributed by atoms with E-state index >= 15 is 0 Å². The molecule has 1 aliphatic carbocycles. The van der Waals surface area contributed by atoms with Gasteiger partial charge in [-0.3, -0.25) is 4.79 Å². The van der Waals surface area contributed by atoms with E-state index in [1.165, 1.54) is 5.52 Å². The molecule has 3 aromatic rings. The average molecular weight is 384 g/mol. The summed E-state index contributed by atoms with van der Waals surface area (Å²) in [5.41, 5.74) is 3.06. The Balaban J connectivity index is 0.000000604. The molecule has 0 radical (unpaired) electrons. The molecule has 3 N–H and O–H groups in total. The van der Waals surface area contributed by atoms with E-state index in [0.717, 1.165) is 61.1 Å². The Labute approximate surface area is 161 Å². The highest BCUT2D eigenvalue weighted by atomic mass is 16.3. The molecule has 0 unspecified atom stereocenters. The number of carbonyl (C=O) groups excluding carboxylic acids is 1. The molecule has 0 bridgehead atoms. The number of nitrogens with zero attached hydrogens (tertiary/aromatic N) is 4. The normalized spacial score (nSPS) is 22.2. The van der Waals surface area contributed by atoms with E-state index in [4.69, 9.17) is 14.9 Å². The van der Waals surface area contributed by atoms with Crippen LogP contribution in [0.2, 0.25) is 0 Å². The summed E-state index contributed by atoms with van der Waals surface area (Å²) in [5.74, 6) is 1.05. The number of rotatable bonds is 2. The van der Waals surface area contributed by atoms with Crippen molar-refractivity contribution in [3.63, 3.8) is 0 Å². The van der Waals surface area contributed by atoms with Crippen molar-refractivity contribution in [2.45, 2.75) is 44.7 Å². The molecule has 5 rings (SSSR count). The molecule has 148 valence electrons. The first-order chi connectivity index (χ1) is 13.6. The van der Waals surface area contributed by atoms with Crippen molar-refractivity contribution < 1.29 is 14.7 Å². The third kappa shape index (κ3) is 3.06. The number of aromatic nitrogens is 4. The minimum Gasteiger partial charge on any atom is -0.483 e. The monoisotopic (exact) mass is 384 g/mol. The third-order valence-corrected chi connectivity index (χ3v) is 5.77. The summed E-state index contributed by atoms with van der Waals surface area (Å²) >= 11 is 0. The summed E-state index contributed by atoms with van der Waals surface area (Å²) in [4.78, 5) is 34.7.